The van der Waals surface area contributed by atoms with Gasteiger partial charge >= 0.3 is 5.97 Å². The molecule has 3 N–H and O–H groups in total. The van der Waals surface area contributed by atoms with Crippen LogP contribution in [0.1, 0.15) is 4.11 Å². The van der Waals surface area contributed by atoms with Crippen LogP contribution in [0.5, 0.6) is 0 Å². The highest BCUT2D eigenvalue weighted by molar-refractivity contribution is 5.72. The van der Waals surface area contributed by atoms with Crippen LogP contribution in [-0.4, -0.2) is 23.7 Å². The van der Waals surface area contributed by atoms with Crippen LogP contribution in [0, 0.1) is 0 Å². The molecule has 0 amide bonds. The minimum Gasteiger partial charge on any atom is -0.479 e. The Morgan fingerprint density at radius 3 is 2.86 bits per heavy atom. The molecule has 0 fully saturated rings. The molecule has 0 bridgehead atoms. The van der Waals surface area contributed by atoms with Crippen LogP contribution < -0.4 is 5.73 Å². The molecule has 0 aromatic rings. The third-order valence-electron chi connectivity index (χ3n) is 0.314. The lowest BCUT2D eigenvalue weighted by molar-refractivity contribution is -0.142. The average Bonchev–Trinajstić information content (AvgIpc) is 1.62. The monoisotopic (exact) mass is 110 g/mol. The fraction of sp³-hybridized carbons (Fsp3) is 0.667. The van der Waals surface area contributed by atoms with Crippen LogP contribution in [-0.2, 0) is 4.79 Å². The van der Waals surface area contributed by atoms with Crippen molar-refractivity contribution in [3.63, 3.8) is 0 Å². The van der Waals surface area contributed by atoms with Gasteiger partial charge in [-0.25, -0.2) is 9.18 Å². The molecule has 0 saturated heterocycles. The Labute approximate surface area is 44.1 Å². The maximum absolute atomic E-state index is 12.3. The van der Waals surface area contributed by atoms with E-state index in [9.17, 15) is 9.18 Å². The molecule has 0 heterocycles. The molecular weight excluding hydrogens is 101 g/mol. The van der Waals surface area contributed by atoms with E-state index >= 15 is 0 Å². The third kappa shape index (κ3) is 2.11. The van der Waals surface area contributed by atoms with Gasteiger partial charge in [-0.1, -0.05) is 0 Å². The fourth-order valence-electron chi connectivity index (χ4n) is 0.0617. The van der Waals surface area contributed by atoms with Gasteiger partial charge < -0.3 is 10.8 Å². The number of carbonyl (C=O) groups is 1. The molecule has 0 saturated carbocycles. The molecule has 0 rings (SSSR count). The van der Waals surface area contributed by atoms with Crippen molar-refractivity contribution in [2.75, 3.05) is 6.50 Å². The second-order valence-corrected chi connectivity index (χ2v) is 0.763. The number of nitrogens with two attached hydrogens (primary N) is 1. The lowest BCUT2D eigenvalue weighted by Crippen LogP contribution is -2.24. The lowest BCUT2D eigenvalue weighted by atomic mass is 10.4. The molecule has 42 valence electrons. The zero-order valence-corrected chi connectivity index (χ0v) is 3.31. The van der Waals surface area contributed by atoms with Gasteiger partial charge in [0.2, 0.25) is 6.15 Å². The van der Waals surface area contributed by atoms with Crippen molar-refractivity contribution in [1.82, 2.24) is 0 Å². The highest BCUT2D eigenvalue weighted by atomic mass is 19.1. The van der Waals surface area contributed by atoms with E-state index in [0.29, 0.717) is 0 Å². The number of aliphatic carboxylic acids is 1. The average molecular weight is 110 g/mol. The Morgan fingerprint density at radius 1 is 2.43 bits per heavy atom. The van der Waals surface area contributed by atoms with Crippen molar-refractivity contribution in [3.8, 4) is 0 Å². The predicted molar refractivity (Wildman–Crippen MR) is 21.6 cm³/mol. The van der Waals surface area contributed by atoms with Gasteiger partial charge in [-0.15, -0.1) is 0 Å². The second kappa shape index (κ2) is 2.52. The minimum atomic E-state index is -3.78. The lowest BCUT2D eigenvalue weighted by Gasteiger charge is -1.92. The summed E-state index contributed by atoms with van der Waals surface area (Å²) in [5.74, 6) is -2.24. The van der Waals surface area contributed by atoms with Gasteiger partial charge in [-0.3, -0.25) is 0 Å². The Morgan fingerprint density at radius 2 is 2.86 bits per heavy atom. The van der Waals surface area contributed by atoms with Crippen LogP contribution in [0.3, 0.4) is 0 Å². The SMILES string of the molecule is [2H]C([2H])(N)C([2H])(F)C(=O)O. The number of halogens is 1. The van der Waals surface area contributed by atoms with Crippen LogP contribution in [0.2, 0.25) is 0 Å². The summed E-state index contributed by atoms with van der Waals surface area (Å²) in [7, 11) is 0. The maximum atomic E-state index is 12.3. The fourth-order valence-corrected chi connectivity index (χ4v) is 0.0617. The first-order valence-electron chi connectivity index (χ1n) is 2.91. The third-order valence-corrected chi connectivity index (χ3v) is 0.314. The summed E-state index contributed by atoms with van der Waals surface area (Å²) in [4.78, 5) is 9.79. The number of carboxylic acids is 1. The number of alkyl halides is 1. The topological polar surface area (TPSA) is 63.3 Å². The van der Waals surface area contributed by atoms with Gasteiger partial charge in [-0.05, 0) is 0 Å². The Bertz CT molecular complexity index is 154. The van der Waals surface area contributed by atoms with Gasteiger partial charge in [0.1, 0.15) is 0 Å². The molecule has 1 unspecified atom stereocenters. The summed E-state index contributed by atoms with van der Waals surface area (Å²) in [6.45, 7) is -3.18. The summed E-state index contributed by atoms with van der Waals surface area (Å²) in [6, 6.07) is 0. The van der Waals surface area contributed by atoms with Gasteiger partial charge in [0.15, 0.2) is 0 Å². The summed E-state index contributed by atoms with van der Waals surface area (Å²) >= 11 is 0. The first-order valence-corrected chi connectivity index (χ1v) is 1.41. The van der Waals surface area contributed by atoms with Crippen LogP contribution >= 0.6 is 0 Å². The number of hydrogen-bond donors (Lipinski definition) is 2. The number of carboxylic acid groups (broad SMARTS) is 1. The molecule has 0 aromatic heterocycles. The molecule has 3 nitrogen and oxygen atoms in total. The Kier molecular flexibility index (Phi) is 0.941. The molecule has 4 heteroatoms. The van der Waals surface area contributed by atoms with E-state index in [1.807, 2.05) is 0 Å². The van der Waals surface area contributed by atoms with Gasteiger partial charge in [-0.2, -0.15) is 0 Å². The standard InChI is InChI=1S/C3H6FNO2/c4-2(1-5)3(6)7/h2H,1,5H2,(H,6,7)/i1D2,2D. The molecule has 1 atom stereocenters. The molecule has 0 aromatic carbocycles. The van der Waals surface area contributed by atoms with Crippen molar-refractivity contribution < 1.29 is 18.4 Å². The van der Waals surface area contributed by atoms with Crippen LogP contribution in [0.15, 0.2) is 0 Å². The smallest absolute Gasteiger partial charge is 0.339 e. The molecular formula is C3H6FNO2. The molecule has 7 heavy (non-hydrogen) atoms. The van der Waals surface area contributed by atoms with Gasteiger partial charge in [0.05, 0.1) is 1.37 Å². The highest BCUT2D eigenvalue weighted by Crippen LogP contribution is 1.83. The predicted octanol–water partition coefficient (Wildman–Crippen LogP) is -0.632. The van der Waals surface area contributed by atoms with Gasteiger partial charge in [0.25, 0.3) is 0 Å². The van der Waals surface area contributed by atoms with Crippen molar-refractivity contribution >= 4 is 5.97 Å². The summed E-state index contributed by atoms with van der Waals surface area (Å²) in [5.41, 5.74) is 4.40. The molecule has 0 spiro atoms. The zero-order chi connectivity index (χ0) is 8.58. The first-order chi connectivity index (χ1) is 4.19. The first kappa shape index (κ1) is 2.61. The van der Waals surface area contributed by atoms with Crippen molar-refractivity contribution in [2.45, 2.75) is 6.15 Å². The summed E-state index contributed by atoms with van der Waals surface area (Å²) < 4.78 is 31.3. The molecule has 0 aliphatic carbocycles. The number of rotatable bonds is 2. The largest absolute Gasteiger partial charge is 0.479 e. The van der Waals surface area contributed by atoms with Crippen molar-refractivity contribution in [3.05, 3.63) is 0 Å². The normalized spacial score (nSPS) is 26.3. The summed E-state index contributed by atoms with van der Waals surface area (Å²) in [6.07, 6.45) is -3.78. The van der Waals surface area contributed by atoms with Crippen molar-refractivity contribution in [2.24, 2.45) is 5.73 Å². The van der Waals surface area contributed by atoms with E-state index in [4.69, 9.17) is 9.22 Å². The zero-order valence-electron chi connectivity index (χ0n) is 6.31. The maximum Gasteiger partial charge on any atom is 0.339 e. The molecule has 0 radical (unpaired) electrons. The highest BCUT2D eigenvalue weighted by Gasteiger charge is 2.10. The van der Waals surface area contributed by atoms with Crippen molar-refractivity contribution in [1.29, 1.82) is 0 Å². The Hall–Kier alpha value is -0.640. The quantitative estimate of drug-likeness (QED) is 0.497. The molecule has 0 aliphatic heterocycles. The van der Waals surface area contributed by atoms with Crippen LogP contribution in [0.4, 0.5) is 4.39 Å². The van der Waals surface area contributed by atoms with E-state index in [1.54, 1.807) is 0 Å². The Balaban J connectivity index is 4.57. The minimum absolute atomic E-state index is 2.24. The van der Waals surface area contributed by atoms with E-state index in [2.05, 4.69) is 5.73 Å². The number of hydrogen-bond acceptors (Lipinski definition) is 2. The van der Waals surface area contributed by atoms with E-state index < -0.39 is 18.6 Å². The van der Waals surface area contributed by atoms with E-state index in [1.165, 1.54) is 0 Å². The van der Waals surface area contributed by atoms with E-state index in [-0.39, 0.29) is 0 Å². The van der Waals surface area contributed by atoms with Crippen LogP contribution in [0.25, 0.3) is 0 Å². The second-order valence-electron chi connectivity index (χ2n) is 0.763. The van der Waals surface area contributed by atoms with Gasteiger partial charge in [0, 0.05) is 9.24 Å². The summed E-state index contributed by atoms with van der Waals surface area (Å²) in [5, 5.41) is 7.89. The van der Waals surface area contributed by atoms with E-state index in [0.717, 1.165) is 0 Å². The molecule has 0 aliphatic rings.